The van der Waals surface area contributed by atoms with Crippen LogP contribution in [-0.2, 0) is 27.2 Å². The van der Waals surface area contributed by atoms with Gasteiger partial charge in [0.05, 0.1) is 18.1 Å². The number of fused-ring (bicyclic) bond motifs is 3. The molecule has 0 spiro atoms. The predicted molar refractivity (Wildman–Crippen MR) is 79.5 cm³/mol. The van der Waals surface area contributed by atoms with Crippen LogP contribution < -0.4 is 5.32 Å². The molecule has 1 fully saturated rings. The molecule has 3 aliphatic rings. The SMILES string of the molecule is O=C(O)[C@@H]1[C@H](C(=O)Nc2ccc3c(c2)CCC3)[C@@H]2C=C[C@H]1O2. The van der Waals surface area contributed by atoms with E-state index in [4.69, 9.17) is 4.74 Å². The van der Waals surface area contributed by atoms with Crippen molar-refractivity contribution in [3.8, 4) is 0 Å². The van der Waals surface area contributed by atoms with E-state index in [0.717, 1.165) is 24.9 Å². The third-order valence-corrected chi connectivity index (χ3v) is 4.85. The number of ether oxygens (including phenoxy) is 1. The molecule has 1 aromatic carbocycles. The van der Waals surface area contributed by atoms with Gasteiger partial charge in [-0.25, -0.2) is 0 Å². The van der Waals surface area contributed by atoms with Crippen LogP contribution in [0.4, 0.5) is 5.69 Å². The molecule has 2 heterocycles. The van der Waals surface area contributed by atoms with Crippen molar-refractivity contribution in [3.05, 3.63) is 41.5 Å². The second-order valence-corrected chi connectivity index (χ2v) is 6.17. The first-order chi connectivity index (χ1) is 10.6. The van der Waals surface area contributed by atoms with Gasteiger partial charge in [-0.2, -0.15) is 0 Å². The highest BCUT2D eigenvalue weighted by atomic mass is 16.5. The molecular formula is C17H17NO4. The Balaban J connectivity index is 1.55. The molecule has 0 aromatic heterocycles. The minimum absolute atomic E-state index is 0.276. The number of aryl methyl sites for hydroxylation is 2. The maximum Gasteiger partial charge on any atom is 0.310 e. The van der Waals surface area contributed by atoms with Crippen LogP contribution in [0.5, 0.6) is 0 Å². The molecule has 0 radical (unpaired) electrons. The van der Waals surface area contributed by atoms with Gasteiger partial charge in [0.1, 0.15) is 5.92 Å². The second kappa shape index (κ2) is 4.95. The minimum Gasteiger partial charge on any atom is -0.481 e. The monoisotopic (exact) mass is 299 g/mol. The van der Waals surface area contributed by atoms with Gasteiger partial charge in [0.2, 0.25) is 5.91 Å². The van der Waals surface area contributed by atoms with Gasteiger partial charge in [-0.15, -0.1) is 0 Å². The summed E-state index contributed by atoms with van der Waals surface area (Å²) in [6, 6.07) is 5.94. The van der Waals surface area contributed by atoms with E-state index in [1.165, 1.54) is 11.1 Å². The van der Waals surface area contributed by atoms with Crippen LogP contribution in [0, 0.1) is 11.8 Å². The Morgan fingerprint density at radius 2 is 1.82 bits per heavy atom. The minimum atomic E-state index is -0.981. The van der Waals surface area contributed by atoms with Gasteiger partial charge in [0.15, 0.2) is 0 Å². The summed E-state index contributed by atoms with van der Waals surface area (Å²) in [4.78, 5) is 23.9. The molecule has 0 saturated carbocycles. The summed E-state index contributed by atoms with van der Waals surface area (Å²) < 4.78 is 5.54. The van der Waals surface area contributed by atoms with Gasteiger partial charge in [-0.3, -0.25) is 9.59 Å². The fourth-order valence-electron chi connectivity index (χ4n) is 3.79. The zero-order chi connectivity index (χ0) is 15.3. The van der Waals surface area contributed by atoms with Crippen LogP contribution >= 0.6 is 0 Å². The molecule has 114 valence electrons. The van der Waals surface area contributed by atoms with E-state index in [-0.39, 0.29) is 5.91 Å². The van der Waals surface area contributed by atoms with Crippen molar-refractivity contribution in [3.63, 3.8) is 0 Å². The molecule has 5 nitrogen and oxygen atoms in total. The van der Waals surface area contributed by atoms with Gasteiger partial charge in [0, 0.05) is 5.69 Å². The number of carbonyl (C=O) groups is 2. The molecule has 0 unspecified atom stereocenters. The van der Waals surface area contributed by atoms with E-state index >= 15 is 0 Å². The second-order valence-electron chi connectivity index (χ2n) is 6.17. The van der Waals surface area contributed by atoms with Crippen LogP contribution in [0.2, 0.25) is 0 Å². The summed E-state index contributed by atoms with van der Waals surface area (Å²) >= 11 is 0. The van der Waals surface area contributed by atoms with Crippen LogP contribution in [0.25, 0.3) is 0 Å². The topological polar surface area (TPSA) is 75.6 Å². The lowest BCUT2D eigenvalue weighted by Crippen LogP contribution is -2.39. The van der Waals surface area contributed by atoms with Gasteiger partial charge in [0.25, 0.3) is 0 Å². The highest BCUT2D eigenvalue weighted by molar-refractivity contribution is 5.96. The Kier molecular flexibility index (Phi) is 3.04. The molecule has 1 amide bonds. The van der Waals surface area contributed by atoms with Gasteiger partial charge >= 0.3 is 5.97 Å². The maximum atomic E-state index is 12.5. The smallest absolute Gasteiger partial charge is 0.310 e. The molecule has 2 aliphatic heterocycles. The summed E-state index contributed by atoms with van der Waals surface area (Å²) in [5.74, 6) is -2.72. The van der Waals surface area contributed by atoms with E-state index in [9.17, 15) is 14.7 Å². The zero-order valence-electron chi connectivity index (χ0n) is 12.0. The summed E-state index contributed by atoms with van der Waals surface area (Å²) in [5, 5.41) is 12.2. The Bertz CT molecular complexity index is 681. The molecule has 4 rings (SSSR count). The largest absolute Gasteiger partial charge is 0.481 e. The van der Waals surface area contributed by atoms with Crippen molar-refractivity contribution in [1.29, 1.82) is 0 Å². The first kappa shape index (κ1) is 13.5. The first-order valence-electron chi connectivity index (χ1n) is 7.63. The fourth-order valence-corrected chi connectivity index (χ4v) is 3.79. The fraction of sp³-hybridized carbons (Fsp3) is 0.412. The van der Waals surface area contributed by atoms with E-state index in [1.807, 2.05) is 18.2 Å². The average molecular weight is 299 g/mol. The molecule has 2 bridgehead atoms. The Morgan fingerprint density at radius 1 is 1.09 bits per heavy atom. The molecule has 5 heteroatoms. The van der Waals surface area contributed by atoms with Crippen molar-refractivity contribution in [1.82, 2.24) is 0 Å². The average Bonchev–Trinajstić information content (AvgIpc) is 3.20. The van der Waals surface area contributed by atoms with Gasteiger partial charge < -0.3 is 15.2 Å². The Labute approximate surface area is 128 Å². The number of benzene rings is 1. The molecule has 22 heavy (non-hydrogen) atoms. The zero-order valence-corrected chi connectivity index (χ0v) is 12.0. The van der Waals surface area contributed by atoms with Crippen molar-refractivity contribution in [2.75, 3.05) is 5.32 Å². The standard InChI is InChI=1S/C17H17NO4/c19-16(14-12-6-7-13(22-12)15(14)17(20)21)18-11-5-4-9-2-1-3-10(9)8-11/h4-8,12-15H,1-3H2,(H,18,19)(H,20,21)/t12-,13+,14+,15-/m0/s1. The lowest BCUT2D eigenvalue weighted by molar-refractivity contribution is -0.145. The van der Waals surface area contributed by atoms with E-state index in [0.29, 0.717) is 0 Å². The van der Waals surface area contributed by atoms with Crippen molar-refractivity contribution in [2.45, 2.75) is 31.5 Å². The van der Waals surface area contributed by atoms with E-state index in [1.54, 1.807) is 12.2 Å². The van der Waals surface area contributed by atoms with E-state index < -0.39 is 30.0 Å². The summed E-state index contributed by atoms with van der Waals surface area (Å²) in [6.07, 6.45) is 5.89. The van der Waals surface area contributed by atoms with Gasteiger partial charge in [-0.05, 0) is 42.5 Å². The number of anilines is 1. The highest BCUT2D eigenvalue weighted by Gasteiger charge is 2.53. The molecule has 4 atom stereocenters. The number of hydrogen-bond donors (Lipinski definition) is 2. The van der Waals surface area contributed by atoms with Crippen LogP contribution in [0.15, 0.2) is 30.4 Å². The lowest BCUT2D eigenvalue weighted by atomic mass is 9.82. The van der Waals surface area contributed by atoms with Crippen molar-refractivity contribution in [2.24, 2.45) is 11.8 Å². The molecule has 1 aromatic rings. The quantitative estimate of drug-likeness (QED) is 0.834. The number of nitrogens with one attached hydrogen (secondary N) is 1. The molecular weight excluding hydrogens is 282 g/mol. The lowest BCUT2D eigenvalue weighted by Gasteiger charge is -2.21. The maximum absolute atomic E-state index is 12.5. The molecule has 1 aliphatic carbocycles. The van der Waals surface area contributed by atoms with Crippen molar-refractivity contribution < 1.29 is 19.4 Å². The van der Waals surface area contributed by atoms with Gasteiger partial charge in [-0.1, -0.05) is 18.2 Å². The number of rotatable bonds is 3. The number of aliphatic carboxylic acids is 1. The van der Waals surface area contributed by atoms with Crippen LogP contribution in [0.3, 0.4) is 0 Å². The third kappa shape index (κ3) is 2.04. The summed E-state index contributed by atoms with van der Waals surface area (Å²) in [7, 11) is 0. The number of carboxylic acids is 1. The summed E-state index contributed by atoms with van der Waals surface area (Å²) in [5.41, 5.74) is 3.35. The number of carbonyl (C=O) groups excluding carboxylic acids is 1. The molecule has 1 saturated heterocycles. The number of hydrogen-bond acceptors (Lipinski definition) is 3. The third-order valence-electron chi connectivity index (χ3n) is 4.85. The molecule has 2 N–H and O–H groups in total. The highest BCUT2D eigenvalue weighted by Crippen LogP contribution is 2.40. The van der Waals surface area contributed by atoms with Crippen LogP contribution in [-0.4, -0.2) is 29.2 Å². The number of amides is 1. The van der Waals surface area contributed by atoms with E-state index in [2.05, 4.69) is 5.32 Å². The predicted octanol–water partition coefficient (Wildman–Crippen LogP) is 1.77. The Morgan fingerprint density at radius 3 is 2.59 bits per heavy atom. The van der Waals surface area contributed by atoms with Crippen LogP contribution in [0.1, 0.15) is 17.5 Å². The van der Waals surface area contributed by atoms with Crippen molar-refractivity contribution >= 4 is 17.6 Å². The summed E-state index contributed by atoms with van der Waals surface area (Å²) in [6.45, 7) is 0. The normalized spacial score (nSPS) is 31.3. The number of carboxylic acid groups (broad SMARTS) is 1. The Hall–Kier alpha value is -2.14. The first-order valence-corrected chi connectivity index (χ1v) is 7.63.